The molecule has 1 atom stereocenters. The van der Waals surface area contributed by atoms with Crippen LogP contribution in [0.4, 0.5) is 5.69 Å². The van der Waals surface area contributed by atoms with Gasteiger partial charge in [-0.05, 0) is 53.1 Å². The van der Waals surface area contributed by atoms with Crippen molar-refractivity contribution in [2.45, 2.75) is 95.9 Å². The number of carbonyl (C=O) groups is 1. The van der Waals surface area contributed by atoms with Crippen LogP contribution >= 0.6 is 0 Å². The molecule has 250 valence electrons. The summed E-state index contributed by atoms with van der Waals surface area (Å²) in [5.41, 5.74) is 6.02. The van der Waals surface area contributed by atoms with Crippen LogP contribution in [0.2, 0.25) is 0 Å². The monoisotopic (exact) mass is 643 g/mol. The standard InChI is InChI=1S/C43H49NO4/c1-43(2,3)38-25-23-31(22-24-34(47-30-32-14-6-4-7-15-32)26-27-46-33-16-8-5-9-17-33)28-39(38)44-42(45)29-37-35-18-10-12-20-40(35)48-41-21-13-11-19-36(37)41/h4,6-7,10-15,18-25,28,33-34,37H,5,8-9,16-17,26-27,29-30H2,1-3H3,(H,44,45). The summed E-state index contributed by atoms with van der Waals surface area (Å²) < 4.78 is 18.9. The van der Waals surface area contributed by atoms with Crippen molar-refractivity contribution in [3.05, 3.63) is 131 Å². The van der Waals surface area contributed by atoms with Gasteiger partial charge in [-0.15, -0.1) is 0 Å². The first-order chi connectivity index (χ1) is 23.3. The molecule has 2 aliphatic rings. The number of rotatable bonds is 12. The summed E-state index contributed by atoms with van der Waals surface area (Å²) in [5, 5.41) is 3.31. The number of hydrogen-bond acceptors (Lipinski definition) is 4. The summed E-state index contributed by atoms with van der Waals surface area (Å²) in [6.45, 7) is 7.76. The zero-order chi connectivity index (χ0) is 33.3. The second-order valence-corrected chi connectivity index (χ2v) is 14.2. The summed E-state index contributed by atoms with van der Waals surface area (Å²) in [6, 6.07) is 32.7. The quantitative estimate of drug-likeness (QED) is 0.167. The predicted octanol–water partition coefficient (Wildman–Crippen LogP) is 10.6. The third-order valence-electron chi connectivity index (χ3n) is 9.44. The summed E-state index contributed by atoms with van der Waals surface area (Å²) in [6.07, 6.45) is 11.8. The molecule has 0 aromatic heterocycles. The Balaban J connectivity index is 1.18. The van der Waals surface area contributed by atoms with Gasteiger partial charge in [0.2, 0.25) is 5.91 Å². The van der Waals surface area contributed by atoms with E-state index in [0.717, 1.165) is 64.3 Å². The van der Waals surface area contributed by atoms with Crippen molar-refractivity contribution in [1.29, 1.82) is 0 Å². The van der Waals surface area contributed by atoms with E-state index in [1.54, 1.807) is 0 Å². The minimum Gasteiger partial charge on any atom is -0.457 e. The van der Waals surface area contributed by atoms with Gasteiger partial charge in [-0.3, -0.25) is 4.79 Å². The fourth-order valence-electron chi connectivity index (χ4n) is 6.85. The Labute approximate surface area is 286 Å². The number of amides is 1. The first-order valence-electron chi connectivity index (χ1n) is 17.6. The number of fused-ring (bicyclic) bond motifs is 2. The molecule has 6 rings (SSSR count). The van der Waals surface area contributed by atoms with Crippen LogP contribution < -0.4 is 10.1 Å². The maximum atomic E-state index is 13.8. The number of benzene rings is 4. The van der Waals surface area contributed by atoms with Crippen LogP contribution in [0.3, 0.4) is 0 Å². The normalized spacial score (nSPS) is 15.8. The summed E-state index contributed by atoms with van der Waals surface area (Å²) >= 11 is 0. The molecule has 1 fully saturated rings. The van der Waals surface area contributed by atoms with Crippen molar-refractivity contribution in [3.63, 3.8) is 0 Å². The van der Waals surface area contributed by atoms with Gasteiger partial charge in [0.1, 0.15) is 11.5 Å². The van der Waals surface area contributed by atoms with Crippen LogP contribution in [0.15, 0.2) is 103 Å². The van der Waals surface area contributed by atoms with Gasteiger partial charge >= 0.3 is 0 Å². The van der Waals surface area contributed by atoms with E-state index in [4.69, 9.17) is 14.2 Å². The van der Waals surface area contributed by atoms with Crippen molar-refractivity contribution >= 4 is 17.7 Å². The molecule has 0 saturated heterocycles. The summed E-state index contributed by atoms with van der Waals surface area (Å²) in [5.74, 6) is 1.50. The van der Waals surface area contributed by atoms with Gasteiger partial charge in [0.15, 0.2) is 0 Å². The van der Waals surface area contributed by atoms with Gasteiger partial charge in [-0.2, -0.15) is 0 Å². The van der Waals surface area contributed by atoms with E-state index >= 15 is 0 Å². The molecule has 1 aliphatic heterocycles. The highest BCUT2D eigenvalue weighted by molar-refractivity contribution is 5.93. The van der Waals surface area contributed by atoms with Gasteiger partial charge in [0.05, 0.1) is 18.8 Å². The zero-order valence-corrected chi connectivity index (χ0v) is 28.6. The number of hydrogen-bond donors (Lipinski definition) is 1. The van der Waals surface area contributed by atoms with E-state index < -0.39 is 0 Å². The van der Waals surface area contributed by atoms with Gasteiger partial charge in [-0.1, -0.05) is 131 Å². The SMILES string of the molecule is CC(C)(C)c1ccc(C=CC(CCOC2CCCCC2)OCc2ccccc2)cc1NC(=O)CC1c2ccccc2Oc2ccccc21. The number of nitrogens with one attached hydrogen (secondary N) is 1. The average Bonchev–Trinajstić information content (AvgIpc) is 3.09. The number of ether oxygens (including phenoxy) is 3. The van der Waals surface area contributed by atoms with Gasteiger partial charge < -0.3 is 19.5 Å². The van der Waals surface area contributed by atoms with E-state index in [1.165, 1.54) is 19.3 Å². The molecule has 1 unspecified atom stereocenters. The van der Waals surface area contributed by atoms with Crippen LogP contribution in [0.1, 0.15) is 99.5 Å². The van der Waals surface area contributed by atoms with E-state index in [9.17, 15) is 4.79 Å². The van der Waals surface area contributed by atoms with Gasteiger partial charge in [0, 0.05) is 42.2 Å². The zero-order valence-electron chi connectivity index (χ0n) is 28.6. The molecule has 0 radical (unpaired) electrons. The number of carbonyl (C=O) groups excluding carboxylic acids is 1. The average molecular weight is 644 g/mol. The van der Waals surface area contributed by atoms with E-state index in [2.05, 4.69) is 80.7 Å². The first kappa shape index (κ1) is 33.7. The lowest BCUT2D eigenvalue weighted by Gasteiger charge is -2.28. The lowest BCUT2D eigenvalue weighted by molar-refractivity contribution is -0.116. The molecule has 1 saturated carbocycles. The highest BCUT2D eigenvalue weighted by Gasteiger charge is 2.29. The van der Waals surface area contributed by atoms with Crippen LogP contribution in [0.25, 0.3) is 6.08 Å². The Morgan fingerprint density at radius 1 is 0.875 bits per heavy atom. The van der Waals surface area contributed by atoms with Crippen molar-refractivity contribution in [2.75, 3.05) is 11.9 Å². The Morgan fingerprint density at radius 3 is 2.23 bits per heavy atom. The Morgan fingerprint density at radius 2 is 1.54 bits per heavy atom. The first-order valence-corrected chi connectivity index (χ1v) is 17.6. The second-order valence-electron chi connectivity index (χ2n) is 14.2. The predicted molar refractivity (Wildman–Crippen MR) is 195 cm³/mol. The summed E-state index contributed by atoms with van der Waals surface area (Å²) in [4.78, 5) is 13.8. The fraction of sp³-hybridized carbons (Fsp3) is 0.372. The lowest BCUT2D eigenvalue weighted by Crippen LogP contribution is -2.22. The van der Waals surface area contributed by atoms with Crippen molar-refractivity contribution < 1.29 is 19.0 Å². The fourth-order valence-corrected chi connectivity index (χ4v) is 6.85. The molecule has 1 heterocycles. The Bertz CT molecular complexity index is 1640. The van der Waals surface area contributed by atoms with Crippen molar-refractivity contribution in [1.82, 2.24) is 0 Å². The largest absolute Gasteiger partial charge is 0.457 e. The maximum absolute atomic E-state index is 13.8. The summed E-state index contributed by atoms with van der Waals surface area (Å²) in [7, 11) is 0. The molecular formula is C43H49NO4. The molecule has 0 bridgehead atoms. The minimum absolute atomic E-state index is 0.0259. The minimum atomic E-state index is -0.152. The van der Waals surface area contributed by atoms with Crippen LogP contribution in [0.5, 0.6) is 11.5 Å². The molecule has 48 heavy (non-hydrogen) atoms. The molecule has 4 aromatic rings. The Hall–Kier alpha value is -4.19. The Kier molecular flexibility index (Phi) is 11.1. The smallest absolute Gasteiger partial charge is 0.225 e. The highest BCUT2D eigenvalue weighted by Crippen LogP contribution is 2.45. The van der Waals surface area contributed by atoms with Crippen molar-refractivity contribution in [2.24, 2.45) is 0 Å². The molecule has 1 amide bonds. The molecular weight excluding hydrogens is 594 g/mol. The van der Waals surface area contributed by atoms with Crippen LogP contribution in [-0.2, 0) is 26.3 Å². The van der Waals surface area contributed by atoms with Gasteiger partial charge in [-0.25, -0.2) is 0 Å². The third-order valence-corrected chi connectivity index (χ3v) is 9.44. The van der Waals surface area contributed by atoms with Gasteiger partial charge in [0.25, 0.3) is 0 Å². The number of para-hydroxylation sites is 2. The van der Waals surface area contributed by atoms with E-state index in [1.807, 2.05) is 54.6 Å². The second kappa shape index (κ2) is 15.8. The number of anilines is 1. The molecule has 4 aromatic carbocycles. The van der Waals surface area contributed by atoms with Crippen LogP contribution in [0, 0.1) is 0 Å². The molecule has 5 heteroatoms. The topological polar surface area (TPSA) is 56.8 Å². The molecule has 1 N–H and O–H groups in total. The van der Waals surface area contributed by atoms with E-state index in [-0.39, 0.29) is 23.3 Å². The van der Waals surface area contributed by atoms with Crippen LogP contribution in [-0.4, -0.2) is 24.7 Å². The lowest BCUT2D eigenvalue weighted by atomic mass is 9.84. The van der Waals surface area contributed by atoms with Crippen molar-refractivity contribution in [3.8, 4) is 11.5 Å². The maximum Gasteiger partial charge on any atom is 0.225 e. The molecule has 0 spiro atoms. The highest BCUT2D eigenvalue weighted by atomic mass is 16.5. The third kappa shape index (κ3) is 8.83. The van der Waals surface area contributed by atoms with E-state index in [0.29, 0.717) is 25.7 Å². The molecule has 5 nitrogen and oxygen atoms in total. The molecule has 1 aliphatic carbocycles.